The Labute approximate surface area is 140 Å². The molecule has 3 rings (SSSR count). The van der Waals surface area contributed by atoms with Gasteiger partial charge in [-0.15, -0.1) is 0 Å². The Morgan fingerprint density at radius 2 is 1.88 bits per heavy atom. The Bertz CT molecular complexity index is 928. The zero-order valence-corrected chi connectivity index (χ0v) is 14.2. The van der Waals surface area contributed by atoms with Gasteiger partial charge in [-0.3, -0.25) is 0 Å². The number of hydrogen-bond donors (Lipinski definition) is 1. The zero-order chi connectivity index (χ0) is 17.4. The summed E-state index contributed by atoms with van der Waals surface area (Å²) in [6.45, 7) is 5.70. The predicted octanol–water partition coefficient (Wildman–Crippen LogP) is 3.97. The van der Waals surface area contributed by atoms with Crippen LogP contribution in [0.1, 0.15) is 24.1 Å². The number of nitrogens with zero attached hydrogens (tertiary/aromatic N) is 2. The molecule has 5 heteroatoms. The van der Waals surface area contributed by atoms with Gasteiger partial charge in [0.2, 0.25) is 0 Å². The molecule has 0 saturated carbocycles. The van der Waals surface area contributed by atoms with Crippen LogP contribution in [0.25, 0.3) is 22.4 Å². The second-order valence-electron chi connectivity index (χ2n) is 5.95. The molecule has 0 spiro atoms. The Balaban J connectivity index is 2.38. The summed E-state index contributed by atoms with van der Waals surface area (Å²) < 4.78 is 7.20. The van der Waals surface area contributed by atoms with Crippen molar-refractivity contribution in [3.8, 4) is 17.1 Å². The lowest BCUT2D eigenvalue weighted by molar-refractivity contribution is -0.140. The average Bonchev–Trinajstić information content (AvgIpc) is 2.92. The molecule has 1 heterocycles. The molecule has 0 amide bonds. The Morgan fingerprint density at radius 1 is 1.21 bits per heavy atom. The number of aliphatic carboxylic acids is 1. The molecule has 0 aliphatic carbocycles. The van der Waals surface area contributed by atoms with E-state index in [1.165, 1.54) is 0 Å². The highest BCUT2D eigenvalue weighted by Crippen LogP contribution is 2.34. The molecular weight excluding hydrogens is 304 g/mol. The second-order valence-corrected chi connectivity index (χ2v) is 5.95. The molecule has 5 nitrogen and oxygen atoms in total. The molecule has 0 bridgehead atoms. The van der Waals surface area contributed by atoms with Crippen molar-refractivity contribution in [2.45, 2.75) is 26.8 Å². The first-order chi connectivity index (χ1) is 11.4. The molecule has 0 aliphatic heterocycles. The predicted molar refractivity (Wildman–Crippen MR) is 93.5 cm³/mol. The fourth-order valence-corrected chi connectivity index (χ4v) is 2.87. The van der Waals surface area contributed by atoms with Crippen LogP contribution in [-0.2, 0) is 4.79 Å². The van der Waals surface area contributed by atoms with E-state index in [0.29, 0.717) is 11.6 Å². The highest BCUT2D eigenvalue weighted by Gasteiger charge is 2.23. The number of fused-ring (bicyclic) bond motifs is 1. The van der Waals surface area contributed by atoms with Crippen LogP contribution in [0.5, 0.6) is 5.75 Å². The minimum absolute atomic E-state index is 0.599. The molecule has 124 valence electrons. The van der Waals surface area contributed by atoms with Gasteiger partial charge >= 0.3 is 5.97 Å². The van der Waals surface area contributed by atoms with Crippen molar-refractivity contribution in [1.29, 1.82) is 0 Å². The van der Waals surface area contributed by atoms with Gasteiger partial charge in [0.1, 0.15) is 17.6 Å². The van der Waals surface area contributed by atoms with Crippen LogP contribution >= 0.6 is 0 Å². The number of benzene rings is 2. The van der Waals surface area contributed by atoms with E-state index in [0.717, 1.165) is 27.7 Å². The minimum Gasteiger partial charge on any atom is -0.496 e. The van der Waals surface area contributed by atoms with E-state index in [2.05, 4.69) is 0 Å². The molecule has 3 aromatic rings. The van der Waals surface area contributed by atoms with Crippen molar-refractivity contribution in [1.82, 2.24) is 9.55 Å². The number of para-hydroxylation sites is 1. The van der Waals surface area contributed by atoms with E-state index >= 15 is 0 Å². The van der Waals surface area contributed by atoms with Crippen LogP contribution in [0.3, 0.4) is 0 Å². The molecule has 1 aromatic heterocycles. The third kappa shape index (κ3) is 2.52. The molecule has 0 radical (unpaired) electrons. The minimum atomic E-state index is -0.899. The molecule has 1 atom stereocenters. The lowest BCUT2D eigenvalue weighted by Gasteiger charge is -2.15. The number of hydrogen-bond acceptors (Lipinski definition) is 3. The first kappa shape index (κ1) is 16.1. The quantitative estimate of drug-likeness (QED) is 0.788. The van der Waals surface area contributed by atoms with Crippen molar-refractivity contribution >= 4 is 17.0 Å². The summed E-state index contributed by atoms with van der Waals surface area (Å²) in [5, 5.41) is 9.56. The Morgan fingerprint density at radius 3 is 2.54 bits per heavy atom. The molecule has 0 saturated heterocycles. The maximum atomic E-state index is 11.7. The standard InChI is InChI=1S/C19H20N2O3/c1-11-9-15-16(10-12(11)2)21(13(3)19(22)23)18(20-15)14-7-5-6-8-17(14)24-4/h5-10,13H,1-4H3,(H,22,23). The summed E-state index contributed by atoms with van der Waals surface area (Å²) in [7, 11) is 1.60. The number of methoxy groups -OCH3 is 1. The number of aromatic nitrogens is 2. The zero-order valence-electron chi connectivity index (χ0n) is 14.2. The Kier molecular flexibility index (Phi) is 4.01. The number of aryl methyl sites for hydroxylation is 2. The number of rotatable bonds is 4. The van der Waals surface area contributed by atoms with Crippen LogP contribution in [0.4, 0.5) is 0 Å². The number of carbonyl (C=O) groups is 1. The van der Waals surface area contributed by atoms with Gasteiger partial charge in [0, 0.05) is 0 Å². The number of carboxylic acid groups (broad SMARTS) is 1. The number of imidazole rings is 1. The largest absolute Gasteiger partial charge is 0.496 e. The van der Waals surface area contributed by atoms with Crippen LogP contribution in [0, 0.1) is 13.8 Å². The molecule has 1 N–H and O–H groups in total. The third-order valence-corrected chi connectivity index (χ3v) is 4.40. The fourth-order valence-electron chi connectivity index (χ4n) is 2.87. The van der Waals surface area contributed by atoms with Gasteiger partial charge in [0.05, 0.1) is 23.7 Å². The van der Waals surface area contributed by atoms with Gasteiger partial charge in [0.25, 0.3) is 0 Å². The summed E-state index contributed by atoms with van der Waals surface area (Å²) in [6, 6.07) is 10.8. The van der Waals surface area contributed by atoms with Crippen molar-refractivity contribution in [3.05, 3.63) is 47.5 Å². The first-order valence-corrected chi connectivity index (χ1v) is 7.79. The maximum absolute atomic E-state index is 11.7. The summed E-state index contributed by atoms with van der Waals surface area (Å²) in [6.07, 6.45) is 0. The van der Waals surface area contributed by atoms with Gasteiger partial charge in [-0.05, 0) is 56.2 Å². The van der Waals surface area contributed by atoms with Crippen LogP contribution in [0.15, 0.2) is 36.4 Å². The van der Waals surface area contributed by atoms with Gasteiger partial charge in [-0.1, -0.05) is 12.1 Å². The fraction of sp³-hybridized carbons (Fsp3) is 0.263. The summed E-state index contributed by atoms with van der Waals surface area (Å²) >= 11 is 0. The van der Waals surface area contributed by atoms with E-state index in [9.17, 15) is 9.90 Å². The average molecular weight is 324 g/mol. The molecule has 0 aliphatic rings. The first-order valence-electron chi connectivity index (χ1n) is 7.79. The summed E-state index contributed by atoms with van der Waals surface area (Å²) in [4.78, 5) is 16.4. The van der Waals surface area contributed by atoms with E-state index in [4.69, 9.17) is 9.72 Å². The summed E-state index contributed by atoms with van der Waals surface area (Å²) in [5.74, 6) is 0.367. The van der Waals surface area contributed by atoms with Crippen molar-refractivity contribution in [2.75, 3.05) is 7.11 Å². The van der Waals surface area contributed by atoms with Crippen molar-refractivity contribution < 1.29 is 14.6 Å². The van der Waals surface area contributed by atoms with Gasteiger partial charge < -0.3 is 14.4 Å². The third-order valence-electron chi connectivity index (χ3n) is 4.40. The van der Waals surface area contributed by atoms with Crippen molar-refractivity contribution in [2.24, 2.45) is 0 Å². The second kappa shape index (κ2) is 6.00. The molecule has 24 heavy (non-hydrogen) atoms. The topological polar surface area (TPSA) is 64.4 Å². The molecule has 0 fully saturated rings. The van der Waals surface area contributed by atoms with Crippen LogP contribution in [-0.4, -0.2) is 27.7 Å². The summed E-state index contributed by atoms with van der Waals surface area (Å²) in [5.41, 5.74) is 4.61. The molecular formula is C19H20N2O3. The highest BCUT2D eigenvalue weighted by atomic mass is 16.5. The number of ether oxygens (including phenoxy) is 1. The Hall–Kier alpha value is -2.82. The van der Waals surface area contributed by atoms with Gasteiger partial charge in [0.15, 0.2) is 0 Å². The van der Waals surface area contributed by atoms with Gasteiger partial charge in [-0.2, -0.15) is 0 Å². The smallest absolute Gasteiger partial charge is 0.326 e. The number of carboxylic acids is 1. The van der Waals surface area contributed by atoms with E-state index in [1.54, 1.807) is 18.6 Å². The molecule has 1 unspecified atom stereocenters. The lowest BCUT2D eigenvalue weighted by Crippen LogP contribution is -2.16. The van der Waals surface area contributed by atoms with E-state index in [-0.39, 0.29) is 0 Å². The SMILES string of the molecule is COc1ccccc1-c1nc2cc(C)c(C)cc2n1C(C)C(=O)O. The monoisotopic (exact) mass is 324 g/mol. The maximum Gasteiger partial charge on any atom is 0.326 e. The van der Waals surface area contributed by atoms with Gasteiger partial charge in [-0.25, -0.2) is 9.78 Å². The van der Waals surface area contributed by atoms with Crippen molar-refractivity contribution in [3.63, 3.8) is 0 Å². The normalized spacial score (nSPS) is 12.3. The molecule has 2 aromatic carbocycles. The lowest BCUT2D eigenvalue weighted by atomic mass is 10.1. The van der Waals surface area contributed by atoms with Crippen LogP contribution in [0.2, 0.25) is 0 Å². The highest BCUT2D eigenvalue weighted by molar-refractivity contribution is 5.86. The van der Waals surface area contributed by atoms with Crippen LogP contribution < -0.4 is 4.74 Å². The van der Waals surface area contributed by atoms with E-state index < -0.39 is 12.0 Å². The van der Waals surface area contributed by atoms with E-state index in [1.807, 2.05) is 50.2 Å².